The van der Waals surface area contributed by atoms with Crippen molar-refractivity contribution in [2.45, 2.75) is 25.7 Å². The van der Waals surface area contributed by atoms with Gasteiger partial charge >= 0.3 is 0 Å². The van der Waals surface area contributed by atoms with Crippen LogP contribution in [0.15, 0.2) is 48.8 Å². The number of anilines is 2. The number of carbonyl (C=O) groups excluding carboxylic acids is 1. The van der Waals surface area contributed by atoms with Gasteiger partial charge in [0.1, 0.15) is 0 Å². The second-order valence-corrected chi connectivity index (χ2v) is 9.51. The molecule has 1 amide bonds. The van der Waals surface area contributed by atoms with Crippen LogP contribution in [0.4, 0.5) is 11.6 Å². The number of carbonyl (C=O) groups is 1. The van der Waals surface area contributed by atoms with Gasteiger partial charge in [0, 0.05) is 69.3 Å². The number of nitrogens with one attached hydrogen (secondary N) is 1. The third-order valence-corrected chi connectivity index (χ3v) is 7.59. The molecular formula is C25H34N6O. The number of hydrogen-bond donors (Lipinski definition) is 1. The van der Waals surface area contributed by atoms with Crippen LogP contribution in [0.25, 0.3) is 0 Å². The van der Waals surface area contributed by atoms with Crippen molar-refractivity contribution >= 4 is 17.5 Å². The predicted octanol–water partition coefficient (Wildman–Crippen LogP) is 2.41. The molecule has 1 aliphatic carbocycles. The summed E-state index contributed by atoms with van der Waals surface area (Å²) in [6.45, 7) is 7.74. The Hall–Kier alpha value is -2.67. The summed E-state index contributed by atoms with van der Waals surface area (Å²) in [5.41, 5.74) is 1.44. The Morgan fingerprint density at radius 1 is 1.00 bits per heavy atom. The van der Waals surface area contributed by atoms with Gasteiger partial charge in [-0.2, -0.15) is 0 Å². The van der Waals surface area contributed by atoms with Gasteiger partial charge in [0.05, 0.1) is 5.92 Å². The molecule has 3 heterocycles. The van der Waals surface area contributed by atoms with Crippen LogP contribution in [-0.2, 0) is 4.79 Å². The number of hydrogen-bond acceptors (Lipinski definition) is 6. The minimum absolute atomic E-state index is 0.0504. The molecule has 1 spiro atoms. The van der Waals surface area contributed by atoms with E-state index in [1.165, 1.54) is 12.1 Å². The van der Waals surface area contributed by atoms with E-state index in [-0.39, 0.29) is 17.2 Å². The van der Waals surface area contributed by atoms with Gasteiger partial charge in [-0.25, -0.2) is 9.97 Å². The van der Waals surface area contributed by atoms with Crippen LogP contribution in [0.2, 0.25) is 0 Å². The Kier molecular flexibility index (Phi) is 6.26. The lowest BCUT2D eigenvalue weighted by Gasteiger charge is -2.42. The lowest BCUT2D eigenvalue weighted by molar-refractivity contribution is -0.129. The molecule has 2 saturated heterocycles. The Bertz CT molecular complexity index is 880. The molecule has 1 saturated carbocycles. The Morgan fingerprint density at radius 2 is 1.75 bits per heavy atom. The number of benzene rings is 1. The zero-order valence-corrected chi connectivity index (χ0v) is 18.8. The van der Waals surface area contributed by atoms with Crippen LogP contribution in [0.1, 0.15) is 25.7 Å². The lowest BCUT2D eigenvalue weighted by atomic mass is 9.62. The molecule has 3 fully saturated rings. The average Bonchev–Trinajstić information content (AvgIpc) is 3.25. The zero-order chi connectivity index (χ0) is 21.8. The molecule has 7 heteroatoms. The van der Waals surface area contributed by atoms with Crippen molar-refractivity contribution in [3.05, 3.63) is 48.8 Å². The number of piperazine rings is 1. The molecule has 2 aromatic rings. The first-order valence-corrected chi connectivity index (χ1v) is 12.1. The van der Waals surface area contributed by atoms with Crippen LogP contribution in [0, 0.1) is 11.3 Å². The van der Waals surface area contributed by atoms with Gasteiger partial charge in [-0.15, -0.1) is 0 Å². The smallest absolute Gasteiger partial charge is 0.225 e. The lowest BCUT2D eigenvalue weighted by Crippen LogP contribution is -2.47. The van der Waals surface area contributed by atoms with E-state index >= 15 is 0 Å². The van der Waals surface area contributed by atoms with Gasteiger partial charge in [-0.1, -0.05) is 24.6 Å². The maximum Gasteiger partial charge on any atom is 0.225 e. The summed E-state index contributed by atoms with van der Waals surface area (Å²) < 4.78 is 0. The molecule has 170 valence electrons. The second-order valence-electron chi connectivity index (χ2n) is 9.51. The van der Waals surface area contributed by atoms with Crippen molar-refractivity contribution in [1.29, 1.82) is 0 Å². The third kappa shape index (κ3) is 4.44. The maximum atomic E-state index is 13.1. The Balaban J connectivity index is 1.06. The molecule has 2 aliphatic heterocycles. The molecule has 1 unspecified atom stereocenters. The molecule has 1 N–H and O–H groups in total. The van der Waals surface area contributed by atoms with Gasteiger partial charge in [0.15, 0.2) is 0 Å². The topological polar surface area (TPSA) is 64.6 Å². The summed E-state index contributed by atoms with van der Waals surface area (Å²) >= 11 is 0. The van der Waals surface area contributed by atoms with E-state index in [1.807, 2.05) is 6.07 Å². The monoisotopic (exact) mass is 434 g/mol. The molecule has 1 aromatic carbocycles. The van der Waals surface area contributed by atoms with Crippen LogP contribution in [0.5, 0.6) is 0 Å². The third-order valence-electron chi connectivity index (χ3n) is 7.59. The van der Waals surface area contributed by atoms with Gasteiger partial charge in [-0.05, 0) is 44.0 Å². The first-order valence-electron chi connectivity index (χ1n) is 12.1. The first kappa shape index (κ1) is 21.2. The molecular weight excluding hydrogens is 400 g/mol. The highest BCUT2D eigenvalue weighted by Crippen LogP contribution is 2.52. The molecule has 5 rings (SSSR count). The summed E-state index contributed by atoms with van der Waals surface area (Å²) in [4.78, 5) is 29.1. The molecule has 0 radical (unpaired) electrons. The highest BCUT2D eigenvalue weighted by Gasteiger charge is 2.53. The van der Waals surface area contributed by atoms with E-state index in [9.17, 15) is 4.79 Å². The fraction of sp³-hybridized carbons (Fsp3) is 0.560. The molecule has 1 atom stereocenters. The average molecular weight is 435 g/mol. The zero-order valence-electron chi connectivity index (χ0n) is 18.8. The van der Waals surface area contributed by atoms with Crippen LogP contribution in [-0.4, -0.2) is 73.1 Å². The molecule has 3 aliphatic rings. The quantitative estimate of drug-likeness (QED) is 0.676. The highest BCUT2D eigenvalue weighted by atomic mass is 16.2. The summed E-state index contributed by atoms with van der Waals surface area (Å²) in [7, 11) is 0. The number of nitrogens with zero attached hydrogens (tertiary/aromatic N) is 5. The fourth-order valence-electron chi connectivity index (χ4n) is 5.58. The van der Waals surface area contributed by atoms with E-state index in [0.29, 0.717) is 0 Å². The predicted molar refractivity (Wildman–Crippen MR) is 127 cm³/mol. The summed E-state index contributed by atoms with van der Waals surface area (Å²) in [6.07, 6.45) is 8.07. The first-order chi connectivity index (χ1) is 15.7. The maximum absolute atomic E-state index is 13.1. The number of amides is 1. The second kappa shape index (κ2) is 9.45. The highest BCUT2D eigenvalue weighted by molar-refractivity contribution is 5.81. The number of aromatic nitrogens is 2. The van der Waals surface area contributed by atoms with E-state index in [2.05, 4.69) is 60.3 Å². The van der Waals surface area contributed by atoms with Crippen molar-refractivity contribution in [2.24, 2.45) is 11.3 Å². The standard InChI is InChI=1S/C25H34N6O/c32-23(22-19-31(20-25(22)9-4-10-25)24-27-11-5-12-28-24)26-13-6-14-29-15-17-30(18-16-29)21-7-2-1-3-8-21/h1-3,5,7-8,11-12,22H,4,6,9-10,13-20H2,(H,26,32). The van der Waals surface area contributed by atoms with Gasteiger partial charge < -0.3 is 15.1 Å². The summed E-state index contributed by atoms with van der Waals surface area (Å²) in [5.74, 6) is 1.02. The molecule has 32 heavy (non-hydrogen) atoms. The molecule has 0 bridgehead atoms. The van der Waals surface area contributed by atoms with Crippen molar-refractivity contribution < 1.29 is 4.79 Å². The molecule has 7 nitrogen and oxygen atoms in total. The fourth-order valence-corrected chi connectivity index (χ4v) is 5.58. The number of rotatable bonds is 7. The number of para-hydroxylation sites is 1. The SMILES string of the molecule is O=C(NCCCN1CCN(c2ccccc2)CC1)C1CN(c2ncccn2)CC12CCC2. The minimum Gasteiger partial charge on any atom is -0.369 e. The van der Waals surface area contributed by atoms with Crippen molar-refractivity contribution in [2.75, 3.05) is 62.2 Å². The van der Waals surface area contributed by atoms with Gasteiger partial charge in [-0.3, -0.25) is 9.69 Å². The Labute approximate surface area is 190 Å². The van der Waals surface area contributed by atoms with E-state index in [4.69, 9.17) is 0 Å². The summed E-state index contributed by atoms with van der Waals surface area (Å²) in [5, 5.41) is 3.25. The molecule has 1 aromatic heterocycles. The van der Waals surface area contributed by atoms with E-state index in [0.717, 1.165) is 77.6 Å². The van der Waals surface area contributed by atoms with Crippen LogP contribution in [0.3, 0.4) is 0 Å². The Morgan fingerprint density at radius 3 is 2.44 bits per heavy atom. The van der Waals surface area contributed by atoms with Crippen LogP contribution < -0.4 is 15.1 Å². The van der Waals surface area contributed by atoms with Crippen molar-refractivity contribution in [3.63, 3.8) is 0 Å². The van der Waals surface area contributed by atoms with Crippen molar-refractivity contribution in [1.82, 2.24) is 20.2 Å². The van der Waals surface area contributed by atoms with E-state index in [1.54, 1.807) is 12.4 Å². The van der Waals surface area contributed by atoms with Gasteiger partial charge in [0.2, 0.25) is 11.9 Å². The van der Waals surface area contributed by atoms with Crippen molar-refractivity contribution in [3.8, 4) is 0 Å². The largest absolute Gasteiger partial charge is 0.369 e. The summed E-state index contributed by atoms with van der Waals surface area (Å²) in [6, 6.07) is 12.5. The van der Waals surface area contributed by atoms with Crippen LogP contribution >= 0.6 is 0 Å². The normalized spacial score (nSPS) is 22.7. The van der Waals surface area contributed by atoms with Gasteiger partial charge in [0.25, 0.3) is 0 Å². The van der Waals surface area contributed by atoms with E-state index < -0.39 is 0 Å². The minimum atomic E-state index is 0.0504.